The van der Waals surface area contributed by atoms with E-state index < -0.39 is 0 Å². The minimum absolute atomic E-state index is 0.935. The fraction of sp³-hybridized carbons (Fsp3) is 0.429. The van der Waals surface area contributed by atoms with Crippen molar-refractivity contribution in [1.82, 2.24) is 9.97 Å². The molecule has 1 aliphatic rings. The Hall–Kier alpha value is -1.64. The van der Waals surface area contributed by atoms with Crippen molar-refractivity contribution in [2.45, 2.75) is 26.2 Å². The summed E-state index contributed by atoms with van der Waals surface area (Å²) in [5, 5.41) is 3.40. The molecule has 0 bridgehead atoms. The molecule has 3 heteroatoms. The summed E-state index contributed by atoms with van der Waals surface area (Å²) in [5.41, 5.74) is 2.92. The summed E-state index contributed by atoms with van der Waals surface area (Å²) in [6, 6.07) is 8.01. The molecule has 1 aliphatic carbocycles. The lowest BCUT2D eigenvalue weighted by molar-refractivity contribution is 0.757. The van der Waals surface area contributed by atoms with Gasteiger partial charge in [-0.25, -0.2) is 9.97 Å². The van der Waals surface area contributed by atoms with Gasteiger partial charge in [0.1, 0.15) is 5.82 Å². The Morgan fingerprint density at radius 2 is 1.88 bits per heavy atom. The van der Waals surface area contributed by atoms with Crippen molar-refractivity contribution in [3.8, 4) is 0 Å². The van der Waals surface area contributed by atoms with Gasteiger partial charge in [0.25, 0.3) is 0 Å². The quantitative estimate of drug-likeness (QED) is 0.872. The third kappa shape index (κ3) is 2.38. The Balaban J connectivity index is 1.79. The molecule has 88 valence electrons. The Labute approximate surface area is 101 Å². The third-order valence-corrected chi connectivity index (χ3v) is 3.29. The zero-order valence-corrected chi connectivity index (χ0v) is 10.1. The number of nitrogens with zero attached hydrogens (tertiary/aromatic N) is 2. The highest BCUT2D eigenvalue weighted by Gasteiger charge is 2.20. The Morgan fingerprint density at radius 1 is 1.18 bits per heavy atom. The molecule has 0 saturated heterocycles. The average Bonchev–Trinajstić information content (AvgIpc) is 3.14. The first-order valence-electron chi connectivity index (χ1n) is 6.30. The number of nitrogens with one attached hydrogen (secondary N) is 1. The van der Waals surface area contributed by atoms with Gasteiger partial charge in [0.2, 0.25) is 0 Å². The van der Waals surface area contributed by atoms with Crippen LogP contribution in [-0.4, -0.2) is 16.5 Å². The minimum Gasteiger partial charge on any atom is -0.369 e. The molecule has 0 aliphatic heterocycles. The molecule has 1 aromatic heterocycles. The topological polar surface area (TPSA) is 37.8 Å². The maximum Gasteiger partial charge on any atom is 0.148 e. The second kappa shape index (κ2) is 4.32. The number of rotatable bonds is 4. The van der Waals surface area contributed by atoms with Gasteiger partial charge >= 0.3 is 0 Å². The van der Waals surface area contributed by atoms with Crippen molar-refractivity contribution in [3.63, 3.8) is 0 Å². The molecule has 0 spiro atoms. The highest BCUT2D eigenvalue weighted by molar-refractivity contribution is 5.76. The summed E-state index contributed by atoms with van der Waals surface area (Å²) in [7, 11) is 0. The summed E-state index contributed by atoms with van der Waals surface area (Å²) in [4.78, 5) is 9.18. The molecule has 3 nitrogen and oxygen atoms in total. The highest BCUT2D eigenvalue weighted by Crippen LogP contribution is 2.32. The summed E-state index contributed by atoms with van der Waals surface area (Å²) in [6.45, 7) is 3.03. The van der Waals surface area contributed by atoms with Gasteiger partial charge < -0.3 is 5.32 Å². The van der Waals surface area contributed by atoms with E-state index in [9.17, 15) is 0 Å². The number of hydrogen-bond donors (Lipinski definition) is 1. The number of benzene rings is 1. The molecule has 1 saturated carbocycles. The van der Waals surface area contributed by atoms with Gasteiger partial charge in [-0.2, -0.15) is 0 Å². The van der Waals surface area contributed by atoms with Gasteiger partial charge in [-0.3, -0.25) is 0 Å². The number of fused-ring (bicyclic) bond motifs is 1. The third-order valence-electron chi connectivity index (χ3n) is 3.29. The number of para-hydroxylation sites is 2. The first-order chi connectivity index (χ1) is 8.33. The highest BCUT2D eigenvalue weighted by atomic mass is 15.0. The van der Waals surface area contributed by atoms with Crippen molar-refractivity contribution in [3.05, 3.63) is 30.0 Å². The normalized spacial score (nSPS) is 15.1. The monoisotopic (exact) mass is 227 g/mol. The van der Waals surface area contributed by atoms with Gasteiger partial charge in [-0.15, -0.1) is 0 Å². The van der Waals surface area contributed by atoms with Crippen LogP contribution in [0.3, 0.4) is 0 Å². The molecule has 1 heterocycles. The van der Waals surface area contributed by atoms with Crippen LogP contribution in [0.1, 0.15) is 25.0 Å². The van der Waals surface area contributed by atoms with Gasteiger partial charge in [-0.1, -0.05) is 25.0 Å². The predicted molar refractivity (Wildman–Crippen MR) is 70.1 cm³/mol. The summed E-state index contributed by atoms with van der Waals surface area (Å²) < 4.78 is 0. The van der Waals surface area contributed by atoms with Crippen LogP contribution in [0.5, 0.6) is 0 Å². The Morgan fingerprint density at radius 3 is 2.59 bits per heavy atom. The van der Waals surface area contributed by atoms with Crippen molar-refractivity contribution in [1.29, 1.82) is 0 Å². The summed E-state index contributed by atoms with van der Waals surface area (Å²) >= 11 is 0. The molecule has 0 unspecified atom stereocenters. The van der Waals surface area contributed by atoms with Crippen LogP contribution in [0, 0.1) is 12.8 Å². The van der Waals surface area contributed by atoms with Crippen LogP contribution in [0.4, 0.5) is 5.82 Å². The van der Waals surface area contributed by atoms with Gasteiger partial charge in [0.15, 0.2) is 0 Å². The van der Waals surface area contributed by atoms with Crippen molar-refractivity contribution in [2.24, 2.45) is 5.92 Å². The number of aryl methyl sites for hydroxylation is 1. The van der Waals surface area contributed by atoms with Crippen LogP contribution in [0.25, 0.3) is 11.0 Å². The molecule has 1 fully saturated rings. The first kappa shape index (κ1) is 10.5. The van der Waals surface area contributed by atoms with E-state index in [1.54, 1.807) is 0 Å². The van der Waals surface area contributed by atoms with Crippen molar-refractivity contribution < 1.29 is 0 Å². The second-order valence-corrected chi connectivity index (χ2v) is 4.81. The molecule has 0 amide bonds. The molecule has 2 aromatic rings. The lowest BCUT2D eigenvalue weighted by atomic mass is 10.2. The summed E-state index contributed by atoms with van der Waals surface area (Å²) in [5.74, 6) is 1.89. The van der Waals surface area contributed by atoms with E-state index >= 15 is 0 Å². The van der Waals surface area contributed by atoms with Gasteiger partial charge in [-0.05, 0) is 31.4 Å². The van der Waals surface area contributed by atoms with E-state index in [0.717, 1.165) is 35.0 Å². The molecule has 0 atom stereocenters. The lowest BCUT2D eigenvalue weighted by Crippen LogP contribution is -2.07. The molecule has 1 N–H and O–H groups in total. The van der Waals surface area contributed by atoms with E-state index in [1.165, 1.54) is 19.3 Å². The number of anilines is 1. The van der Waals surface area contributed by atoms with Crippen LogP contribution in [-0.2, 0) is 0 Å². The van der Waals surface area contributed by atoms with Crippen LogP contribution >= 0.6 is 0 Å². The van der Waals surface area contributed by atoms with Crippen molar-refractivity contribution in [2.75, 3.05) is 11.9 Å². The maximum absolute atomic E-state index is 4.62. The minimum atomic E-state index is 0.935. The molecular formula is C14H17N3. The lowest BCUT2D eigenvalue weighted by Gasteiger charge is -2.08. The van der Waals surface area contributed by atoms with E-state index in [-0.39, 0.29) is 0 Å². The maximum atomic E-state index is 4.62. The van der Waals surface area contributed by atoms with Crippen LogP contribution in [0.2, 0.25) is 0 Å². The smallest absolute Gasteiger partial charge is 0.148 e. The SMILES string of the molecule is Cc1nc2ccccc2nc1NCCC1CC1. The number of hydrogen-bond acceptors (Lipinski definition) is 3. The van der Waals surface area contributed by atoms with Crippen molar-refractivity contribution >= 4 is 16.9 Å². The second-order valence-electron chi connectivity index (χ2n) is 4.81. The van der Waals surface area contributed by atoms with Crippen LogP contribution < -0.4 is 5.32 Å². The summed E-state index contributed by atoms with van der Waals surface area (Å²) in [6.07, 6.45) is 4.07. The zero-order chi connectivity index (χ0) is 11.7. The first-order valence-corrected chi connectivity index (χ1v) is 6.30. The van der Waals surface area contributed by atoms with Gasteiger partial charge in [0, 0.05) is 6.54 Å². The largest absolute Gasteiger partial charge is 0.369 e. The van der Waals surface area contributed by atoms with E-state index in [0.29, 0.717) is 0 Å². The molecule has 3 rings (SSSR count). The van der Waals surface area contributed by atoms with E-state index in [2.05, 4.69) is 15.3 Å². The van der Waals surface area contributed by atoms with E-state index in [4.69, 9.17) is 0 Å². The zero-order valence-electron chi connectivity index (χ0n) is 10.1. The number of aromatic nitrogens is 2. The fourth-order valence-corrected chi connectivity index (χ4v) is 2.06. The van der Waals surface area contributed by atoms with E-state index in [1.807, 2.05) is 31.2 Å². The Bertz CT molecular complexity index is 532. The average molecular weight is 227 g/mol. The molecule has 17 heavy (non-hydrogen) atoms. The molecular weight excluding hydrogens is 210 g/mol. The standard InChI is InChI=1S/C14H17N3/c1-10-14(15-9-8-11-6-7-11)17-13-5-3-2-4-12(13)16-10/h2-5,11H,6-9H2,1H3,(H,15,17). The fourth-order valence-electron chi connectivity index (χ4n) is 2.06. The predicted octanol–water partition coefficient (Wildman–Crippen LogP) is 3.15. The Kier molecular flexibility index (Phi) is 2.67. The van der Waals surface area contributed by atoms with Crippen LogP contribution in [0.15, 0.2) is 24.3 Å². The molecule has 0 radical (unpaired) electrons. The molecule has 1 aromatic carbocycles. The van der Waals surface area contributed by atoms with Gasteiger partial charge in [0.05, 0.1) is 16.7 Å².